The molecule has 2 aliphatic heterocycles. The first-order valence-corrected chi connectivity index (χ1v) is 8.81. The van der Waals surface area contributed by atoms with Gasteiger partial charge in [0.15, 0.2) is 0 Å². The summed E-state index contributed by atoms with van der Waals surface area (Å²) >= 11 is 1.72. The third-order valence-corrected chi connectivity index (χ3v) is 5.21. The van der Waals surface area contributed by atoms with Crippen LogP contribution in [0.5, 0.6) is 0 Å². The van der Waals surface area contributed by atoms with Crippen LogP contribution < -0.4 is 5.32 Å². The molecule has 2 aliphatic rings. The van der Waals surface area contributed by atoms with Gasteiger partial charge in [-0.2, -0.15) is 0 Å². The van der Waals surface area contributed by atoms with Gasteiger partial charge < -0.3 is 15.0 Å². The highest BCUT2D eigenvalue weighted by molar-refractivity contribution is 7.09. The smallest absolute Gasteiger partial charge is 0.223 e. The maximum absolute atomic E-state index is 12.7. The van der Waals surface area contributed by atoms with E-state index in [1.54, 1.807) is 11.3 Å². The highest BCUT2D eigenvalue weighted by Gasteiger charge is 2.26. The Morgan fingerprint density at radius 3 is 3.10 bits per heavy atom. The summed E-state index contributed by atoms with van der Waals surface area (Å²) in [4.78, 5) is 15.9. The van der Waals surface area contributed by atoms with E-state index in [-0.39, 0.29) is 12.0 Å². The molecule has 1 amide bonds. The molecule has 1 aromatic heterocycles. The Balaban J connectivity index is 1.60. The number of ether oxygens (including phenoxy) is 1. The average molecular weight is 308 g/mol. The number of carbonyl (C=O) groups excluding carboxylic acids is 1. The van der Waals surface area contributed by atoms with Gasteiger partial charge in [0, 0.05) is 24.4 Å². The van der Waals surface area contributed by atoms with Crippen molar-refractivity contribution in [3.8, 4) is 0 Å². The number of rotatable bonds is 6. The predicted octanol–water partition coefficient (Wildman–Crippen LogP) is 2.26. The molecule has 0 aromatic carbocycles. The van der Waals surface area contributed by atoms with Crippen LogP contribution in [-0.2, 0) is 16.1 Å². The second-order valence-corrected chi connectivity index (χ2v) is 7.08. The molecule has 2 saturated heterocycles. The summed E-state index contributed by atoms with van der Waals surface area (Å²) in [7, 11) is 0. The van der Waals surface area contributed by atoms with E-state index < -0.39 is 0 Å². The fourth-order valence-electron chi connectivity index (χ4n) is 3.14. The Morgan fingerprint density at radius 1 is 1.48 bits per heavy atom. The van der Waals surface area contributed by atoms with Crippen molar-refractivity contribution < 1.29 is 9.53 Å². The maximum atomic E-state index is 12.7. The first kappa shape index (κ1) is 15.0. The van der Waals surface area contributed by atoms with Gasteiger partial charge in [-0.1, -0.05) is 6.07 Å². The molecule has 4 nitrogen and oxygen atoms in total. The fraction of sp³-hybridized carbons (Fsp3) is 0.688. The molecule has 0 spiro atoms. The van der Waals surface area contributed by atoms with Gasteiger partial charge in [-0.25, -0.2) is 0 Å². The van der Waals surface area contributed by atoms with E-state index >= 15 is 0 Å². The van der Waals surface area contributed by atoms with Gasteiger partial charge in [-0.15, -0.1) is 11.3 Å². The summed E-state index contributed by atoms with van der Waals surface area (Å²) in [5, 5.41) is 5.42. The lowest BCUT2D eigenvalue weighted by Gasteiger charge is -2.26. The van der Waals surface area contributed by atoms with Crippen LogP contribution in [0.25, 0.3) is 0 Å². The molecule has 5 heteroatoms. The molecule has 116 valence electrons. The molecule has 0 aliphatic carbocycles. The third-order valence-electron chi connectivity index (χ3n) is 4.35. The molecule has 21 heavy (non-hydrogen) atoms. The monoisotopic (exact) mass is 308 g/mol. The molecule has 2 unspecified atom stereocenters. The van der Waals surface area contributed by atoms with Crippen molar-refractivity contribution in [2.24, 2.45) is 5.92 Å². The first-order valence-electron chi connectivity index (χ1n) is 7.94. The van der Waals surface area contributed by atoms with Gasteiger partial charge in [0.2, 0.25) is 5.91 Å². The fourth-order valence-corrected chi connectivity index (χ4v) is 3.86. The standard InChI is InChI=1S/C16H24N2O2S/c19-16(9-13-5-6-17-10-13)18(11-14-3-1-7-20-14)12-15-4-2-8-21-15/h2,4,8,13-14,17H,1,3,5-7,9-12H2. The van der Waals surface area contributed by atoms with Crippen LogP contribution in [0.15, 0.2) is 17.5 Å². The highest BCUT2D eigenvalue weighted by atomic mass is 32.1. The van der Waals surface area contributed by atoms with Gasteiger partial charge >= 0.3 is 0 Å². The van der Waals surface area contributed by atoms with Crippen molar-refractivity contribution in [1.29, 1.82) is 0 Å². The number of hydrogen-bond donors (Lipinski definition) is 1. The molecule has 0 radical (unpaired) electrons. The minimum Gasteiger partial charge on any atom is -0.376 e. The van der Waals surface area contributed by atoms with Crippen LogP contribution in [0.2, 0.25) is 0 Å². The van der Waals surface area contributed by atoms with E-state index in [1.165, 1.54) is 4.88 Å². The van der Waals surface area contributed by atoms with Crippen molar-refractivity contribution in [3.05, 3.63) is 22.4 Å². The van der Waals surface area contributed by atoms with Crippen LogP contribution in [0.3, 0.4) is 0 Å². The second-order valence-electron chi connectivity index (χ2n) is 6.05. The van der Waals surface area contributed by atoms with Crippen LogP contribution >= 0.6 is 11.3 Å². The summed E-state index contributed by atoms with van der Waals surface area (Å²) in [6.45, 7) is 4.36. The topological polar surface area (TPSA) is 41.6 Å². The Morgan fingerprint density at radius 2 is 2.43 bits per heavy atom. The number of carbonyl (C=O) groups is 1. The zero-order valence-corrected chi connectivity index (χ0v) is 13.2. The van der Waals surface area contributed by atoms with Crippen LogP contribution in [-0.4, -0.2) is 43.2 Å². The zero-order valence-electron chi connectivity index (χ0n) is 12.4. The average Bonchev–Trinajstić information content (AvgIpc) is 3.21. The Bertz CT molecular complexity index is 437. The van der Waals surface area contributed by atoms with E-state index in [2.05, 4.69) is 22.8 Å². The van der Waals surface area contributed by atoms with Gasteiger partial charge in [0.05, 0.1) is 12.6 Å². The second kappa shape index (κ2) is 7.38. The molecule has 1 aromatic rings. The molecular formula is C16H24N2O2S. The molecule has 3 heterocycles. The quantitative estimate of drug-likeness (QED) is 0.876. The minimum absolute atomic E-state index is 0.232. The van der Waals surface area contributed by atoms with E-state index in [0.717, 1.165) is 52.0 Å². The zero-order chi connectivity index (χ0) is 14.5. The summed E-state index contributed by atoms with van der Waals surface area (Å²) in [5.74, 6) is 0.792. The first-order chi connectivity index (χ1) is 10.3. The number of nitrogens with one attached hydrogen (secondary N) is 1. The molecule has 2 atom stereocenters. The summed E-state index contributed by atoms with van der Waals surface area (Å²) < 4.78 is 5.72. The molecule has 0 saturated carbocycles. The van der Waals surface area contributed by atoms with E-state index in [0.29, 0.717) is 12.3 Å². The van der Waals surface area contributed by atoms with Crippen molar-refractivity contribution >= 4 is 17.2 Å². The van der Waals surface area contributed by atoms with Gasteiger partial charge in [-0.05, 0) is 49.7 Å². The lowest BCUT2D eigenvalue weighted by atomic mass is 10.0. The largest absolute Gasteiger partial charge is 0.376 e. The van der Waals surface area contributed by atoms with Crippen molar-refractivity contribution in [2.45, 2.75) is 38.3 Å². The van der Waals surface area contributed by atoms with Crippen LogP contribution in [0.1, 0.15) is 30.6 Å². The van der Waals surface area contributed by atoms with E-state index in [4.69, 9.17) is 4.74 Å². The molecule has 1 N–H and O–H groups in total. The van der Waals surface area contributed by atoms with Gasteiger partial charge in [0.1, 0.15) is 0 Å². The van der Waals surface area contributed by atoms with Crippen molar-refractivity contribution in [3.63, 3.8) is 0 Å². The number of hydrogen-bond acceptors (Lipinski definition) is 4. The normalized spacial score (nSPS) is 25.3. The molecule has 2 fully saturated rings. The SMILES string of the molecule is O=C(CC1CCNC1)N(Cc1cccs1)CC1CCCO1. The Kier molecular flexibility index (Phi) is 5.27. The lowest BCUT2D eigenvalue weighted by Crippen LogP contribution is -2.37. The predicted molar refractivity (Wildman–Crippen MR) is 84.3 cm³/mol. The number of amides is 1. The van der Waals surface area contributed by atoms with Gasteiger partial charge in [-0.3, -0.25) is 4.79 Å². The highest BCUT2D eigenvalue weighted by Crippen LogP contribution is 2.20. The number of nitrogens with zero attached hydrogens (tertiary/aromatic N) is 1. The number of thiophene rings is 1. The third kappa shape index (κ3) is 4.28. The Hall–Kier alpha value is -0.910. The Labute approximate surface area is 130 Å². The van der Waals surface area contributed by atoms with Crippen LogP contribution in [0.4, 0.5) is 0 Å². The summed E-state index contributed by atoms with van der Waals surface area (Å²) in [6.07, 6.45) is 4.23. The minimum atomic E-state index is 0.232. The molecular weight excluding hydrogens is 284 g/mol. The van der Waals surface area contributed by atoms with E-state index in [1.807, 2.05) is 4.90 Å². The van der Waals surface area contributed by atoms with Gasteiger partial charge in [0.25, 0.3) is 0 Å². The lowest BCUT2D eigenvalue weighted by molar-refractivity contribution is -0.134. The molecule has 0 bridgehead atoms. The molecule has 3 rings (SSSR count). The maximum Gasteiger partial charge on any atom is 0.223 e. The van der Waals surface area contributed by atoms with Crippen molar-refractivity contribution in [2.75, 3.05) is 26.2 Å². The van der Waals surface area contributed by atoms with Crippen LogP contribution in [0, 0.1) is 5.92 Å². The van der Waals surface area contributed by atoms with E-state index in [9.17, 15) is 4.79 Å². The summed E-state index contributed by atoms with van der Waals surface area (Å²) in [6, 6.07) is 4.16. The van der Waals surface area contributed by atoms with Crippen molar-refractivity contribution in [1.82, 2.24) is 10.2 Å². The summed E-state index contributed by atoms with van der Waals surface area (Å²) in [5.41, 5.74) is 0.